The molecule has 0 bridgehead atoms. The predicted molar refractivity (Wildman–Crippen MR) is 93.1 cm³/mol. The number of H-pyrrole nitrogens is 1. The number of benzene rings is 2. The van der Waals surface area contributed by atoms with Crippen molar-refractivity contribution in [3.8, 4) is 0 Å². The number of aromatic amines is 1. The van der Waals surface area contributed by atoms with E-state index in [0.717, 1.165) is 27.7 Å². The summed E-state index contributed by atoms with van der Waals surface area (Å²) in [5, 5.41) is 3.57. The lowest BCUT2D eigenvalue weighted by Gasteiger charge is -2.11. The maximum atomic E-state index is 12.2. The van der Waals surface area contributed by atoms with Gasteiger partial charge in [-0.05, 0) is 31.0 Å². The molecule has 0 atom stereocenters. The highest BCUT2D eigenvalue weighted by atomic mass is 16.5. The number of carbonyl (C=O) groups excluding carboxylic acids is 2. The Morgan fingerprint density at radius 2 is 1.75 bits per heavy atom. The van der Waals surface area contributed by atoms with Gasteiger partial charge in [0, 0.05) is 22.8 Å². The van der Waals surface area contributed by atoms with Crippen molar-refractivity contribution in [3.63, 3.8) is 0 Å². The molecule has 5 nitrogen and oxygen atoms in total. The molecule has 2 aromatic carbocycles. The van der Waals surface area contributed by atoms with Crippen LogP contribution in [0.2, 0.25) is 0 Å². The third-order valence-electron chi connectivity index (χ3n) is 3.89. The van der Waals surface area contributed by atoms with Gasteiger partial charge in [-0.3, -0.25) is 4.79 Å². The predicted octanol–water partition coefficient (Wildman–Crippen LogP) is 3.58. The van der Waals surface area contributed by atoms with E-state index in [2.05, 4.69) is 10.3 Å². The van der Waals surface area contributed by atoms with Crippen molar-refractivity contribution in [1.29, 1.82) is 0 Å². The Morgan fingerprint density at radius 3 is 2.50 bits per heavy atom. The summed E-state index contributed by atoms with van der Waals surface area (Å²) >= 11 is 0. The summed E-state index contributed by atoms with van der Waals surface area (Å²) in [6.45, 7) is 3.51. The molecular formula is C19H18N2O3. The fraction of sp³-hybridized carbons (Fsp3) is 0.158. The molecule has 0 aliphatic rings. The molecule has 24 heavy (non-hydrogen) atoms. The summed E-state index contributed by atoms with van der Waals surface area (Å²) in [5.74, 6) is -0.885. The molecule has 1 amide bonds. The maximum absolute atomic E-state index is 12.2. The van der Waals surface area contributed by atoms with Crippen LogP contribution in [0.1, 0.15) is 21.5 Å². The number of aryl methyl sites for hydroxylation is 2. The van der Waals surface area contributed by atoms with E-state index < -0.39 is 5.97 Å². The second kappa shape index (κ2) is 6.58. The minimum absolute atomic E-state index is 0.327. The molecule has 3 rings (SSSR count). The molecule has 0 saturated heterocycles. The average Bonchev–Trinajstić information content (AvgIpc) is 3.00. The monoisotopic (exact) mass is 322 g/mol. The maximum Gasteiger partial charge on any atom is 0.340 e. The van der Waals surface area contributed by atoms with Crippen molar-refractivity contribution in [2.75, 3.05) is 11.9 Å². The van der Waals surface area contributed by atoms with Crippen LogP contribution in [0, 0.1) is 13.8 Å². The van der Waals surface area contributed by atoms with E-state index in [4.69, 9.17) is 4.74 Å². The third kappa shape index (κ3) is 3.15. The number of ether oxygens (including phenoxy) is 1. The van der Waals surface area contributed by atoms with Gasteiger partial charge in [0.15, 0.2) is 6.61 Å². The number of para-hydroxylation sites is 2. The lowest BCUT2D eigenvalue weighted by molar-refractivity contribution is -0.119. The summed E-state index contributed by atoms with van der Waals surface area (Å²) in [5.41, 5.74) is 3.96. The van der Waals surface area contributed by atoms with E-state index in [-0.39, 0.29) is 12.5 Å². The van der Waals surface area contributed by atoms with Gasteiger partial charge in [0.2, 0.25) is 0 Å². The highest BCUT2D eigenvalue weighted by Crippen LogP contribution is 2.20. The first-order chi connectivity index (χ1) is 11.6. The van der Waals surface area contributed by atoms with Gasteiger partial charge in [0.1, 0.15) is 0 Å². The van der Waals surface area contributed by atoms with Crippen molar-refractivity contribution in [2.24, 2.45) is 0 Å². The topological polar surface area (TPSA) is 71.2 Å². The van der Waals surface area contributed by atoms with Crippen LogP contribution in [0.15, 0.2) is 48.7 Å². The number of hydrogen-bond acceptors (Lipinski definition) is 3. The minimum atomic E-state index is -0.524. The van der Waals surface area contributed by atoms with Gasteiger partial charge in [-0.25, -0.2) is 4.79 Å². The van der Waals surface area contributed by atoms with E-state index >= 15 is 0 Å². The number of rotatable bonds is 4. The molecule has 0 fully saturated rings. The molecule has 0 unspecified atom stereocenters. The van der Waals surface area contributed by atoms with Crippen molar-refractivity contribution in [2.45, 2.75) is 13.8 Å². The number of hydrogen-bond donors (Lipinski definition) is 2. The average molecular weight is 322 g/mol. The van der Waals surface area contributed by atoms with E-state index in [1.807, 2.05) is 56.3 Å². The first-order valence-corrected chi connectivity index (χ1v) is 7.65. The normalized spacial score (nSPS) is 10.6. The van der Waals surface area contributed by atoms with Gasteiger partial charge in [-0.1, -0.05) is 36.4 Å². The molecule has 1 heterocycles. The fourth-order valence-electron chi connectivity index (χ4n) is 2.64. The van der Waals surface area contributed by atoms with Crippen LogP contribution in [0.5, 0.6) is 0 Å². The Morgan fingerprint density at radius 1 is 1.04 bits per heavy atom. The molecular weight excluding hydrogens is 304 g/mol. The summed E-state index contributed by atoms with van der Waals surface area (Å²) in [4.78, 5) is 27.3. The number of nitrogens with one attached hydrogen (secondary N) is 2. The number of fused-ring (bicyclic) bond motifs is 1. The molecule has 0 aliphatic heterocycles. The molecule has 5 heteroatoms. The van der Waals surface area contributed by atoms with Gasteiger partial charge >= 0.3 is 5.97 Å². The third-order valence-corrected chi connectivity index (χ3v) is 3.89. The molecule has 3 aromatic rings. The molecule has 1 aromatic heterocycles. The van der Waals surface area contributed by atoms with Crippen LogP contribution in [0.4, 0.5) is 5.69 Å². The van der Waals surface area contributed by atoms with E-state index in [1.54, 1.807) is 6.20 Å². The van der Waals surface area contributed by atoms with E-state index in [0.29, 0.717) is 5.56 Å². The van der Waals surface area contributed by atoms with Crippen LogP contribution in [-0.2, 0) is 9.53 Å². The second-order valence-corrected chi connectivity index (χ2v) is 5.64. The molecule has 0 aliphatic carbocycles. The first-order valence-electron chi connectivity index (χ1n) is 7.65. The number of amides is 1. The van der Waals surface area contributed by atoms with Crippen molar-refractivity contribution < 1.29 is 14.3 Å². The number of aromatic nitrogens is 1. The van der Waals surface area contributed by atoms with Gasteiger partial charge in [-0.2, -0.15) is 0 Å². The van der Waals surface area contributed by atoms with Crippen LogP contribution >= 0.6 is 0 Å². The molecule has 0 radical (unpaired) electrons. The minimum Gasteiger partial charge on any atom is -0.452 e. The van der Waals surface area contributed by atoms with Crippen molar-refractivity contribution in [3.05, 3.63) is 65.4 Å². The molecule has 122 valence electrons. The van der Waals surface area contributed by atoms with E-state index in [9.17, 15) is 9.59 Å². The zero-order valence-electron chi connectivity index (χ0n) is 13.6. The molecule has 0 saturated carbocycles. The summed E-state index contributed by atoms with van der Waals surface area (Å²) in [6, 6.07) is 13.2. The van der Waals surface area contributed by atoms with Crippen LogP contribution in [0.25, 0.3) is 10.9 Å². The number of anilines is 1. The fourth-order valence-corrected chi connectivity index (χ4v) is 2.64. The van der Waals surface area contributed by atoms with Gasteiger partial charge in [-0.15, -0.1) is 0 Å². The molecule has 2 N–H and O–H groups in total. The van der Waals surface area contributed by atoms with Gasteiger partial charge in [0.05, 0.1) is 5.56 Å². The zero-order chi connectivity index (χ0) is 17.1. The summed E-state index contributed by atoms with van der Waals surface area (Å²) < 4.78 is 5.14. The standard InChI is InChI=1S/C19H18N2O3/c1-12-6-5-7-13(2)18(12)21-17(22)11-24-19(23)15-10-20-16-9-4-3-8-14(15)16/h3-10,20H,11H2,1-2H3,(H,21,22). The van der Waals surface area contributed by atoms with Crippen molar-refractivity contribution in [1.82, 2.24) is 4.98 Å². The summed E-state index contributed by atoms with van der Waals surface area (Å²) in [6.07, 6.45) is 1.59. The number of carbonyl (C=O) groups is 2. The first kappa shape index (κ1) is 15.8. The summed E-state index contributed by atoms with van der Waals surface area (Å²) in [7, 11) is 0. The Bertz CT molecular complexity index is 892. The Balaban J connectivity index is 1.65. The lowest BCUT2D eigenvalue weighted by atomic mass is 10.1. The van der Waals surface area contributed by atoms with Crippen LogP contribution < -0.4 is 5.32 Å². The van der Waals surface area contributed by atoms with Gasteiger partial charge in [0.25, 0.3) is 5.91 Å². The quantitative estimate of drug-likeness (QED) is 0.721. The van der Waals surface area contributed by atoms with Gasteiger partial charge < -0.3 is 15.0 Å². The lowest BCUT2D eigenvalue weighted by Crippen LogP contribution is -2.21. The van der Waals surface area contributed by atoms with Crippen LogP contribution in [-0.4, -0.2) is 23.5 Å². The van der Waals surface area contributed by atoms with Crippen LogP contribution in [0.3, 0.4) is 0 Å². The number of esters is 1. The highest BCUT2D eigenvalue weighted by Gasteiger charge is 2.15. The SMILES string of the molecule is Cc1cccc(C)c1NC(=O)COC(=O)c1c[nH]c2ccccc12. The van der Waals surface area contributed by atoms with E-state index in [1.165, 1.54) is 0 Å². The highest BCUT2D eigenvalue weighted by molar-refractivity contribution is 6.05. The second-order valence-electron chi connectivity index (χ2n) is 5.64. The Kier molecular flexibility index (Phi) is 4.33. The Labute approximate surface area is 139 Å². The largest absolute Gasteiger partial charge is 0.452 e. The zero-order valence-corrected chi connectivity index (χ0v) is 13.6. The smallest absolute Gasteiger partial charge is 0.340 e. The van der Waals surface area contributed by atoms with Crippen molar-refractivity contribution >= 4 is 28.5 Å². The Hall–Kier alpha value is -3.08. The molecule has 0 spiro atoms.